The Balaban J connectivity index is 2.40. The van der Waals surface area contributed by atoms with E-state index in [1.807, 2.05) is 0 Å². The normalized spacial score (nSPS) is 11.2. The van der Waals surface area contributed by atoms with E-state index in [0.717, 1.165) is 36.6 Å². The molecule has 0 unspecified atom stereocenters. The summed E-state index contributed by atoms with van der Waals surface area (Å²) < 4.78 is 42.5. The van der Waals surface area contributed by atoms with Crippen LogP contribution in [-0.4, -0.2) is 31.1 Å². The molecule has 0 aliphatic rings. The molecule has 2 aromatic rings. The number of carboxylic acids is 1. The van der Waals surface area contributed by atoms with Crippen molar-refractivity contribution < 1.29 is 36.7 Å². The van der Waals surface area contributed by atoms with Crippen LogP contribution in [0.15, 0.2) is 50.8 Å². The van der Waals surface area contributed by atoms with Crippen molar-refractivity contribution in [2.24, 2.45) is 0 Å². The van der Waals surface area contributed by atoms with Gasteiger partial charge in [-0.15, -0.1) is 0 Å². The van der Waals surface area contributed by atoms with Gasteiger partial charge in [-0.2, -0.15) is 0 Å². The Kier molecular flexibility index (Phi) is 4.41. The summed E-state index contributed by atoms with van der Waals surface area (Å²) in [6, 6.07) is 4.88. The van der Waals surface area contributed by atoms with E-state index in [2.05, 4.69) is 0 Å². The van der Waals surface area contributed by atoms with Gasteiger partial charge in [-0.1, -0.05) is 0 Å². The Labute approximate surface area is 129 Å². The van der Waals surface area contributed by atoms with Gasteiger partial charge in [0.1, 0.15) is 10.7 Å². The van der Waals surface area contributed by atoms with Crippen molar-refractivity contribution in [3.63, 3.8) is 0 Å². The molecule has 0 amide bonds. The molecule has 23 heavy (non-hydrogen) atoms. The van der Waals surface area contributed by atoms with E-state index in [9.17, 15) is 27.2 Å². The van der Waals surface area contributed by atoms with Crippen molar-refractivity contribution in [3.05, 3.63) is 48.2 Å². The number of carboxylic acid groups (broad SMARTS) is 1. The lowest BCUT2D eigenvalue weighted by Gasteiger charge is -2.04. The van der Waals surface area contributed by atoms with Gasteiger partial charge in [0.05, 0.1) is 17.6 Å². The van der Waals surface area contributed by atoms with E-state index in [4.69, 9.17) is 9.52 Å². The van der Waals surface area contributed by atoms with Gasteiger partial charge < -0.3 is 9.52 Å². The first kappa shape index (κ1) is 16.6. The van der Waals surface area contributed by atoms with Crippen LogP contribution in [0.4, 0.5) is 4.39 Å². The van der Waals surface area contributed by atoms with E-state index in [0.29, 0.717) is 0 Å². The third-order valence-corrected chi connectivity index (χ3v) is 4.65. The van der Waals surface area contributed by atoms with E-state index in [-0.39, 0.29) is 4.90 Å². The predicted molar refractivity (Wildman–Crippen MR) is 72.2 cm³/mol. The molecule has 0 saturated carbocycles. The third kappa shape index (κ3) is 3.34. The van der Waals surface area contributed by atoms with Crippen LogP contribution >= 0.6 is 0 Å². The number of furan rings is 1. The maximum atomic E-state index is 12.9. The van der Waals surface area contributed by atoms with Gasteiger partial charge in [0.15, 0.2) is 5.76 Å². The summed E-state index contributed by atoms with van der Waals surface area (Å²) in [6.45, 7) is 0. The zero-order valence-electron chi connectivity index (χ0n) is 11.4. The van der Waals surface area contributed by atoms with Crippen molar-refractivity contribution in [2.45, 2.75) is 16.2 Å². The Hall–Kier alpha value is -2.81. The summed E-state index contributed by atoms with van der Waals surface area (Å²) in [4.78, 5) is 32.6. The fourth-order valence-electron chi connectivity index (χ4n) is 1.75. The first-order chi connectivity index (χ1) is 10.7. The van der Waals surface area contributed by atoms with Crippen LogP contribution in [0.5, 0.6) is 0 Å². The molecule has 0 atom stereocenters. The second-order valence-electron chi connectivity index (χ2n) is 4.40. The van der Waals surface area contributed by atoms with Crippen LogP contribution in [0.1, 0.15) is 17.0 Å². The van der Waals surface area contributed by atoms with Gasteiger partial charge in [-0.25, -0.2) is 17.6 Å². The van der Waals surface area contributed by atoms with Crippen LogP contribution in [0, 0.1) is 5.82 Å². The van der Waals surface area contributed by atoms with Crippen molar-refractivity contribution in [2.75, 3.05) is 0 Å². The van der Waals surface area contributed by atoms with Gasteiger partial charge >= 0.3 is 5.97 Å². The summed E-state index contributed by atoms with van der Waals surface area (Å²) in [5.41, 5.74) is 0. The molecule has 0 spiro atoms. The number of benzene rings is 1. The van der Waals surface area contributed by atoms with Gasteiger partial charge in [-0.05, 0) is 30.3 Å². The molecule has 0 saturated heterocycles. The highest BCUT2D eigenvalue weighted by atomic mass is 32.2. The maximum Gasteiger partial charge on any atom is 0.372 e. The molecule has 9 heteroatoms. The van der Waals surface area contributed by atoms with Crippen LogP contribution in [-0.2, 0) is 19.4 Å². The highest BCUT2D eigenvalue weighted by molar-refractivity contribution is 7.91. The molecule has 0 bridgehead atoms. The summed E-state index contributed by atoms with van der Waals surface area (Å²) in [5, 5.41) is 8.48. The van der Waals surface area contributed by atoms with Crippen molar-refractivity contribution >= 4 is 27.4 Å². The van der Waals surface area contributed by atoms with Crippen molar-refractivity contribution in [3.8, 4) is 0 Å². The van der Waals surface area contributed by atoms with Crippen LogP contribution in [0.3, 0.4) is 0 Å². The van der Waals surface area contributed by atoms with Crippen molar-refractivity contribution in [1.29, 1.82) is 0 Å². The minimum Gasteiger partial charge on any atom is -0.475 e. The number of aliphatic carboxylic acids is 1. The average molecular weight is 340 g/mol. The van der Waals surface area contributed by atoms with Crippen LogP contribution < -0.4 is 0 Å². The second kappa shape index (κ2) is 6.13. The lowest BCUT2D eigenvalue weighted by atomic mass is 10.1. The molecule has 0 radical (unpaired) electrons. The minimum atomic E-state index is -4.18. The maximum absolute atomic E-state index is 12.9. The van der Waals surface area contributed by atoms with Gasteiger partial charge in [0.2, 0.25) is 21.4 Å². The standard InChI is InChI=1S/C14H9FO7S/c15-8-1-3-9(4-2-8)23(20,21)12-5-6-22-13(12)10(16)7-11(17)14(18)19/h1-6H,7H2,(H,18,19). The fourth-order valence-corrected chi connectivity index (χ4v) is 3.14. The van der Waals surface area contributed by atoms with E-state index in [1.165, 1.54) is 0 Å². The number of Topliss-reactive ketones (excluding diaryl/α,β-unsaturated/α-hetero) is 2. The Morgan fingerprint density at radius 3 is 2.26 bits per heavy atom. The molecule has 1 aromatic heterocycles. The molecule has 0 aliphatic carbocycles. The SMILES string of the molecule is O=C(O)C(=O)CC(=O)c1occc1S(=O)(=O)c1ccc(F)cc1. The molecule has 0 aliphatic heterocycles. The molecule has 0 fully saturated rings. The molecular weight excluding hydrogens is 331 g/mol. The number of rotatable bonds is 6. The van der Waals surface area contributed by atoms with Crippen LogP contribution in [0.2, 0.25) is 0 Å². The number of ketones is 2. The van der Waals surface area contributed by atoms with Gasteiger partial charge in [-0.3, -0.25) is 9.59 Å². The number of hydrogen-bond acceptors (Lipinski definition) is 6. The van der Waals surface area contributed by atoms with E-state index < -0.39 is 50.3 Å². The van der Waals surface area contributed by atoms with E-state index >= 15 is 0 Å². The Bertz CT molecular complexity index is 878. The highest BCUT2D eigenvalue weighted by Gasteiger charge is 2.29. The number of halogens is 1. The van der Waals surface area contributed by atoms with Gasteiger partial charge in [0.25, 0.3) is 0 Å². The first-order valence-electron chi connectivity index (χ1n) is 6.11. The zero-order valence-corrected chi connectivity index (χ0v) is 12.2. The summed E-state index contributed by atoms with van der Waals surface area (Å²) >= 11 is 0. The topological polar surface area (TPSA) is 119 Å². The number of carbonyl (C=O) groups excluding carboxylic acids is 2. The minimum absolute atomic E-state index is 0.279. The first-order valence-corrected chi connectivity index (χ1v) is 7.59. The number of sulfone groups is 1. The third-order valence-electron chi connectivity index (χ3n) is 2.86. The molecule has 2 rings (SSSR count). The fraction of sp³-hybridized carbons (Fsp3) is 0.0714. The summed E-state index contributed by atoms with van der Waals surface area (Å²) in [7, 11) is -4.18. The Morgan fingerprint density at radius 2 is 1.70 bits per heavy atom. The molecule has 120 valence electrons. The summed E-state index contributed by atoms with van der Waals surface area (Å²) in [5.74, 6) is -5.57. The largest absolute Gasteiger partial charge is 0.475 e. The predicted octanol–water partition coefficient (Wildman–Crippen LogP) is 1.48. The molecule has 1 N–H and O–H groups in total. The number of carbonyl (C=O) groups is 3. The molecule has 7 nitrogen and oxygen atoms in total. The van der Waals surface area contributed by atoms with Crippen molar-refractivity contribution in [1.82, 2.24) is 0 Å². The smallest absolute Gasteiger partial charge is 0.372 e. The Morgan fingerprint density at radius 1 is 1.09 bits per heavy atom. The van der Waals surface area contributed by atoms with Crippen LogP contribution in [0.25, 0.3) is 0 Å². The highest BCUT2D eigenvalue weighted by Crippen LogP contribution is 2.26. The average Bonchev–Trinajstić information content (AvgIpc) is 2.97. The monoisotopic (exact) mass is 340 g/mol. The summed E-state index contributed by atoms with van der Waals surface area (Å²) in [6.07, 6.45) is -0.107. The van der Waals surface area contributed by atoms with Gasteiger partial charge in [0, 0.05) is 0 Å². The second-order valence-corrected chi connectivity index (χ2v) is 6.32. The lowest BCUT2D eigenvalue weighted by Crippen LogP contribution is -2.18. The van der Waals surface area contributed by atoms with E-state index in [1.54, 1.807) is 0 Å². The quantitative estimate of drug-likeness (QED) is 0.366. The molecule has 1 aromatic carbocycles. The lowest BCUT2D eigenvalue weighted by molar-refractivity contribution is -0.148. The number of hydrogen-bond donors (Lipinski definition) is 1. The zero-order chi connectivity index (χ0) is 17.2. The molecule has 1 heterocycles. The molecular formula is C14H9FO7S.